The number of benzene rings is 1. The van der Waals surface area contributed by atoms with Crippen molar-refractivity contribution < 1.29 is 19.0 Å². The predicted octanol–water partition coefficient (Wildman–Crippen LogP) is 3.31. The lowest BCUT2D eigenvalue weighted by atomic mass is 9.81. The lowest BCUT2D eigenvalue weighted by Gasteiger charge is -2.19. The summed E-state index contributed by atoms with van der Waals surface area (Å²) in [6, 6.07) is 5.87. The maximum Gasteiger partial charge on any atom is 0.294 e. The average molecular weight is 370 g/mol. The fraction of sp³-hybridized carbons (Fsp3) is 0.389. The summed E-state index contributed by atoms with van der Waals surface area (Å²) in [7, 11) is 0. The zero-order valence-electron chi connectivity index (χ0n) is 14.7. The summed E-state index contributed by atoms with van der Waals surface area (Å²) in [6.45, 7) is 1.71. The number of fused-ring (bicyclic) bond motifs is 1. The normalized spacial score (nSPS) is 22.0. The maximum absolute atomic E-state index is 12.7. The molecule has 27 heavy (non-hydrogen) atoms. The van der Waals surface area contributed by atoms with Gasteiger partial charge in [-0.05, 0) is 31.9 Å². The first-order valence-electron chi connectivity index (χ1n) is 8.82. The average Bonchev–Trinajstić information content (AvgIpc) is 3.17. The van der Waals surface area contributed by atoms with Crippen molar-refractivity contribution >= 4 is 34.7 Å². The van der Waals surface area contributed by atoms with Crippen LogP contribution in [0.25, 0.3) is 0 Å². The first kappa shape index (κ1) is 17.2. The summed E-state index contributed by atoms with van der Waals surface area (Å²) in [5, 5.41) is 18.1. The van der Waals surface area contributed by atoms with Gasteiger partial charge >= 0.3 is 0 Å². The molecular formula is C18H18N4O5. The molecule has 0 bridgehead atoms. The fourth-order valence-electron chi connectivity index (χ4n) is 3.90. The van der Waals surface area contributed by atoms with Crippen LogP contribution in [0.4, 0.5) is 22.9 Å². The van der Waals surface area contributed by atoms with Gasteiger partial charge in [0.1, 0.15) is 11.4 Å². The van der Waals surface area contributed by atoms with E-state index >= 15 is 0 Å². The van der Waals surface area contributed by atoms with Gasteiger partial charge in [-0.3, -0.25) is 19.7 Å². The zero-order chi connectivity index (χ0) is 19.1. The highest BCUT2D eigenvalue weighted by atomic mass is 16.6. The van der Waals surface area contributed by atoms with Crippen LogP contribution < -0.4 is 10.2 Å². The van der Waals surface area contributed by atoms with Crippen LogP contribution in [-0.2, 0) is 9.59 Å². The molecule has 0 unspecified atom stereocenters. The number of hydrogen-bond acceptors (Lipinski definition) is 7. The first-order chi connectivity index (χ1) is 13.0. The third-order valence-electron chi connectivity index (χ3n) is 5.17. The predicted molar refractivity (Wildman–Crippen MR) is 95.6 cm³/mol. The maximum atomic E-state index is 12.7. The quantitative estimate of drug-likeness (QED) is 0.498. The van der Waals surface area contributed by atoms with E-state index in [1.807, 2.05) is 0 Å². The Balaban J connectivity index is 1.68. The van der Waals surface area contributed by atoms with Crippen LogP contribution in [0.1, 0.15) is 31.4 Å². The second kappa shape index (κ2) is 6.49. The van der Waals surface area contributed by atoms with Crippen LogP contribution in [0, 0.1) is 28.9 Å². The van der Waals surface area contributed by atoms with E-state index in [-0.39, 0.29) is 40.7 Å². The lowest BCUT2D eigenvalue weighted by Crippen LogP contribution is -2.30. The number of nitrogens with one attached hydrogen (secondary N) is 1. The summed E-state index contributed by atoms with van der Waals surface area (Å²) in [5.41, 5.74) is 0.185. The Hall–Kier alpha value is -3.23. The minimum absolute atomic E-state index is 0.202. The van der Waals surface area contributed by atoms with Crippen LogP contribution in [0.3, 0.4) is 0 Å². The summed E-state index contributed by atoms with van der Waals surface area (Å²) >= 11 is 0. The van der Waals surface area contributed by atoms with Crippen molar-refractivity contribution in [1.29, 1.82) is 0 Å². The molecule has 1 aromatic heterocycles. The van der Waals surface area contributed by atoms with E-state index in [1.54, 1.807) is 13.0 Å². The lowest BCUT2D eigenvalue weighted by molar-refractivity contribution is -0.383. The van der Waals surface area contributed by atoms with Crippen LogP contribution in [0.15, 0.2) is 28.8 Å². The van der Waals surface area contributed by atoms with Crippen molar-refractivity contribution in [2.24, 2.45) is 11.8 Å². The standard InChI is InChI=1S/C18H18N4O5/c1-10-8-16(20-27-10)19-14-7-6-11(9-15(14)22(25)26)21-17(23)12-4-2-3-5-13(12)18(21)24/h6-9,12-13H,2-5H2,1H3,(H,19,20)/t12-,13-/m0/s1. The Bertz CT molecular complexity index is 914. The topological polar surface area (TPSA) is 119 Å². The zero-order valence-corrected chi connectivity index (χ0v) is 14.7. The van der Waals surface area contributed by atoms with E-state index in [0.29, 0.717) is 24.4 Å². The van der Waals surface area contributed by atoms with Crippen LogP contribution in [-0.4, -0.2) is 21.9 Å². The number of aromatic nitrogens is 1. The van der Waals surface area contributed by atoms with Crippen LogP contribution in [0.5, 0.6) is 0 Å². The first-order valence-corrected chi connectivity index (χ1v) is 8.82. The van der Waals surface area contributed by atoms with Gasteiger partial charge in [0, 0.05) is 12.1 Å². The number of nitrogens with zero attached hydrogens (tertiary/aromatic N) is 3. The van der Waals surface area contributed by atoms with Gasteiger partial charge in [0.15, 0.2) is 5.82 Å². The van der Waals surface area contributed by atoms with Gasteiger partial charge in [0.2, 0.25) is 11.8 Å². The number of hydrogen-bond donors (Lipinski definition) is 1. The highest BCUT2D eigenvalue weighted by Crippen LogP contribution is 2.41. The molecule has 9 heteroatoms. The van der Waals surface area contributed by atoms with Gasteiger partial charge in [-0.25, -0.2) is 4.90 Å². The minimum atomic E-state index is -0.559. The van der Waals surface area contributed by atoms with E-state index in [1.165, 1.54) is 18.2 Å². The molecule has 9 nitrogen and oxygen atoms in total. The van der Waals surface area contributed by atoms with E-state index in [0.717, 1.165) is 17.7 Å². The molecule has 2 aliphatic rings. The molecule has 2 aromatic rings. The number of carbonyl (C=O) groups excluding carboxylic acids is 2. The van der Waals surface area contributed by atoms with Gasteiger partial charge in [-0.15, -0.1) is 0 Å². The summed E-state index contributed by atoms with van der Waals surface area (Å²) in [6.07, 6.45) is 3.24. The second-order valence-corrected chi connectivity index (χ2v) is 6.92. The molecule has 1 aromatic carbocycles. The number of imide groups is 1. The number of rotatable bonds is 4. The molecule has 140 valence electrons. The number of amides is 2. The van der Waals surface area contributed by atoms with Gasteiger partial charge < -0.3 is 9.84 Å². The third kappa shape index (κ3) is 2.94. The molecule has 2 amide bonds. The van der Waals surface area contributed by atoms with Crippen molar-refractivity contribution in [2.75, 3.05) is 10.2 Å². The summed E-state index contributed by atoms with van der Waals surface area (Å²) in [4.78, 5) is 37.5. The van der Waals surface area contributed by atoms with Gasteiger partial charge in [-0.1, -0.05) is 18.0 Å². The molecule has 0 radical (unpaired) electrons. The van der Waals surface area contributed by atoms with Crippen molar-refractivity contribution in [2.45, 2.75) is 32.6 Å². The number of anilines is 3. The Morgan fingerprint density at radius 1 is 1.19 bits per heavy atom. The SMILES string of the molecule is Cc1cc(Nc2ccc(N3C(=O)[C@H]4CCCC[C@@H]4C3=O)cc2[N+](=O)[O-])no1. The smallest absolute Gasteiger partial charge is 0.294 e. The highest BCUT2D eigenvalue weighted by molar-refractivity contribution is 6.22. The Kier molecular flexibility index (Phi) is 4.14. The van der Waals surface area contributed by atoms with E-state index in [9.17, 15) is 19.7 Å². The molecule has 0 spiro atoms. The van der Waals surface area contributed by atoms with E-state index in [4.69, 9.17) is 4.52 Å². The molecule has 1 aliphatic carbocycles. The van der Waals surface area contributed by atoms with Crippen molar-refractivity contribution in [1.82, 2.24) is 5.16 Å². The molecule has 1 N–H and O–H groups in total. The van der Waals surface area contributed by atoms with Gasteiger partial charge in [-0.2, -0.15) is 0 Å². The Morgan fingerprint density at radius 2 is 1.85 bits per heavy atom. The fourth-order valence-corrected chi connectivity index (χ4v) is 3.90. The van der Waals surface area contributed by atoms with Gasteiger partial charge in [0.25, 0.3) is 5.69 Å². The largest absolute Gasteiger partial charge is 0.360 e. The summed E-state index contributed by atoms with van der Waals surface area (Å²) < 4.78 is 4.94. The third-order valence-corrected chi connectivity index (χ3v) is 5.17. The number of nitro groups is 1. The van der Waals surface area contributed by atoms with Crippen molar-refractivity contribution in [3.63, 3.8) is 0 Å². The molecule has 2 atom stereocenters. The molecule has 1 aliphatic heterocycles. The van der Waals surface area contributed by atoms with Crippen molar-refractivity contribution in [3.8, 4) is 0 Å². The Morgan fingerprint density at radius 3 is 2.41 bits per heavy atom. The van der Waals surface area contributed by atoms with Crippen LogP contribution in [0.2, 0.25) is 0 Å². The van der Waals surface area contributed by atoms with E-state index in [2.05, 4.69) is 10.5 Å². The highest BCUT2D eigenvalue weighted by Gasteiger charge is 2.49. The number of carbonyl (C=O) groups is 2. The van der Waals surface area contributed by atoms with Crippen LogP contribution >= 0.6 is 0 Å². The van der Waals surface area contributed by atoms with Crippen molar-refractivity contribution in [3.05, 3.63) is 40.1 Å². The summed E-state index contributed by atoms with van der Waals surface area (Å²) in [5.74, 6) is -0.226. The van der Waals surface area contributed by atoms with Gasteiger partial charge in [0.05, 0.1) is 22.4 Å². The molecule has 2 fully saturated rings. The number of nitro benzene ring substituents is 1. The molecule has 1 saturated heterocycles. The molecule has 4 rings (SSSR count). The molecule has 1 saturated carbocycles. The molecule has 2 heterocycles. The monoisotopic (exact) mass is 370 g/mol. The number of aryl methyl sites for hydroxylation is 1. The Labute approximate surface area is 154 Å². The molecular weight excluding hydrogens is 352 g/mol. The second-order valence-electron chi connectivity index (χ2n) is 6.92. The minimum Gasteiger partial charge on any atom is -0.360 e. The van der Waals surface area contributed by atoms with E-state index < -0.39 is 4.92 Å².